The molecule has 60 heavy (non-hydrogen) atoms. The quantitative estimate of drug-likeness (QED) is 0.0781. The minimum atomic E-state index is -1.39. The Morgan fingerprint density at radius 2 is 1.60 bits per heavy atom. The van der Waals surface area contributed by atoms with E-state index in [2.05, 4.69) is 80.7 Å². The molecule has 11 nitrogen and oxygen atoms in total. The highest BCUT2D eigenvalue weighted by Crippen LogP contribution is 2.39. The van der Waals surface area contributed by atoms with Crippen molar-refractivity contribution < 1.29 is 19.1 Å². The molecule has 4 aromatic carbocycles. The van der Waals surface area contributed by atoms with Crippen LogP contribution >= 0.6 is 22.9 Å². The van der Waals surface area contributed by atoms with Crippen molar-refractivity contribution in [3.63, 3.8) is 0 Å². The molecule has 6 aromatic rings. The van der Waals surface area contributed by atoms with E-state index in [1.54, 1.807) is 62.4 Å². The molecule has 0 aliphatic heterocycles. The first-order valence-corrected chi connectivity index (χ1v) is 21.7. The van der Waals surface area contributed by atoms with E-state index < -0.39 is 17.4 Å². The van der Waals surface area contributed by atoms with Gasteiger partial charge in [-0.1, -0.05) is 115 Å². The lowest BCUT2D eigenvalue weighted by Gasteiger charge is -2.30. The lowest BCUT2D eigenvalue weighted by molar-refractivity contribution is -0.135. The summed E-state index contributed by atoms with van der Waals surface area (Å²) in [6.07, 6.45) is 2.70. The number of ether oxygens (including phenoxy) is 1. The standard InChI is InChI=1S/C47H56ClN7O4S/c1-11-46(6,7)29-19-24-38(32(26-29)47(8,9)12-2)59-25-15-18-40(56)49-30-20-22-33(48)35(27-30)51-43(58)41(42(57)45(3,4)5)55-37-28-31(21-23-34(37)52-53-55)50-44-54(10)36-16-13-14-17-39(36)60-44/h13-14,16-17,19-24,26-28,41H,11-12,15,18,25H2,1-10H3,(H,49,56)(H,51,58). The molecular formula is C47H56ClN7O4S. The second-order valence-corrected chi connectivity index (χ2v) is 19.0. The molecule has 0 spiro atoms. The Hall–Kier alpha value is -5.33. The molecule has 6 rings (SSSR count). The zero-order valence-corrected chi connectivity index (χ0v) is 37.8. The number of para-hydroxylation sites is 1. The summed E-state index contributed by atoms with van der Waals surface area (Å²) in [6.45, 7) is 19.0. The monoisotopic (exact) mass is 849 g/mol. The van der Waals surface area contributed by atoms with Gasteiger partial charge in [-0.05, 0) is 90.3 Å². The highest BCUT2D eigenvalue weighted by Gasteiger charge is 2.38. The van der Waals surface area contributed by atoms with Crippen molar-refractivity contribution in [2.24, 2.45) is 17.5 Å². The molecule has 0 saturated heterocycles. The maximum absolute atomic E-state index is 14.2. The number of aromatic nitrogens is 4. The molecule has 2 aromatic heterocycles. The largest absolute Gasteiger partial charge is 0.493 e. The molecule has 0 bridgehead atoms. The SMILES string of the molecule is CCC(C)(C)c1ccc(OCCCC(=O)Nc2ccc(Cl)c(NC(=O)C(C(=O)C(C)(C)C)n3nnc4ccc(N=c5sc6ccccc6n5C)cc43)c2)c(C(C)(C)CC)c1. The molecule has 13 heteroatoms. The van der Waals surface area contributed by atoms with Crippen molar-refractivity contribution in [3.05, 3.63) is 99.8 Å². The summed E-state index contributed by atoms with van der Waals surface area (Å²) >= 11 is 8.15. The van der Waals surface area contributed by atoms with Crippen LogP contribution in [-0.4, -0.2) is 43.8 Å². The van der Waals surface area contributed by atoms with Crippen molar-refractivity contribution in [2.75, 3.05) is 17.2 Å². The number of amides is 2. The van der Waals surface area contributed by atoms with Gasteiger partial charge >= 0.3 is 0 Å². The van der Waals surface area contributed by atoms with Gasteiger partial charge in [-0.2, -0.15) is 0 Å². The third-order valence-electron chi connectivity index (χ3n) is 11.4. The molecular weight excluding hydrogens is 794 g/mol. The third-order valence-corrected chi connectivity index (χ3v) is 12.9. The number of hydrogen-bond donors (Lipinski definition) is 2. The van der Waals surface area contributed by atoms with Crippen LogP contribution in [0.15, 0.2) is 83.9 Å². The van der Waals surface area contributed by atoms with E-state index in [1.807, 2.05) is 41.9 Å². The Morgan fingerprint density at radius 3 is 2.30 bits per heavy atom. The van der Waals surface area contributed by atoms with Gasteiger partial charge in [0, 0.05) is 30.1 Å². The lowest BCUT2D eigenvalue weighted by Crippen LogP contribution is -2.39. The van der Waals surface area contributed by atoms with Crippen LogP contribution in [0.25, 0.3) is 21.3 Å². The van der Waals surface area contributed by atoms with Gasteiger partial charge < -0.3 is 19.9 Å². The van der Waals surface area contributed by atoms with Crippen molar-refractivity contribution in [3.8, 4) is 5.75 Å². The predicted molar refractivity (Wildman–Crippen MR) is 244 cm³/mol. The number of carbonyl (C=O) groups is 3. The number of nitrogens with one attached hydrogen (secondary N) is 2. The number of Topliss-reactive ketones (excluding diaryl/α,β-unsaturated/α-hetero) is 1. The van der Waals surface area contributed by atoms with E-state index >= 15 is 0 Å². The van der Waals surface area contributed by atoms with Gasteiger partial charge in [0.1, 0.15) is 11.3 Å². The summed E-state index contributed by atoms with van der Waals surface area (Å²) in [5.41, 5.74) is 4.84. The Balaban J connectivity index is 1.17. The molecule has 1 unspecified atom stereocenters. The van der Waals surface area contributed by atoms with Gasteiger partial charge in [0.15, 0.2) is 16.6 Å². The Labute approximate surface area is 361 Å². The summed E-state index contributed by atoms with van der Waals surface area (Å²) in [5.74, 6) is -0.402. The average Bonchev–Trinajstić information content (AvgIpc) is 3.77. The lowest BCUT2D eigenvalue weighted by atomic mass is 9.76. The number of anilines is 2. The van der Waals surface area contributed by atoms with Crippen molar-refractivity contribution >= 4 is 78.8 Å². The number of benzene rings is 4. The molecule has 2 amide bonds. The Kier molecular flexibility index (Phi) is 13.1. The first-order chi connectivity index (χ1) is 28.3. The number of aryl methyl sites for hydroxylation is 1. The molecule has 0 radical (unpaired) electrons. The van der Waals surface area contributed by atoms with Crippen molar-refractivity contribution in [1.29, 1.82) is 0 Å². The number of thiazole rings is 1. The normalized spacial score (nSPS) is 13.2. The van der Waals surface area contributed by atoms with Crippen LogP contribution in [-0.2, 0) is 32.3 Å². The van der Waals surface area contributed by atoms with Gasteiger partial charge in [0.2, 0.25) is 5.91 Å². The van der Waals surface area contributed by atoms with Gasteiger partial charge in [0.05, 0.1) is 38.7 Å². The summed E-state index contributed by atoms with van der Waals surface area (Å²) in [5, 5.41) is 14.6. The molecule has 0 fully saturated rings. The Morgan fingerprint density at radius 1 is 0.867 bits per heavy atom. The van der Waals surface area contributed by atoms with Crippen LogP contribution in [0, 0.1) is 5.41 Å². The zero-order valence-electron chi connectivity index (χ0n) is 36.3. The van der Waals surface area contributed by atoms with Gasteiger partial charge in [-0.15, -0.1) is 5.10 Å². The first kappa shape index (κ1) is 44.2. The van der Waals surface area contributed by atoms with Crippen LogP contribution in [0.2, 0.25) is 5.02 Å². The number of hydrogen-bond acceptors (Lipinski definition) is 8. The zero-order chi connectivity index (χ0) is 43.6. The number of rotatable bonds is 15. The van der Waals surface area contributed by atoms with Gasteiger partial charge in [-0.25, -0.2) is 9.67 Å². The number of ketones is 1. The fourth-order valence-electron chi connectivity index (χ4n) is 6.77. The maximum Gasteiger partial charge on any atom is 0.257 e. The van der Waals surface area contributed by atoms with E-state index in [1.165, 1.54) is 15.8 Å². The van der Waals surface area contributed by atoms with E-state index in [9.17, 15) is 14.4 Å². The molecule has 2 heterocycles. The molecule has 0 aliphatic carbocycles. The second-order valence-electron chi connectivity index (χ2n) is 17.6. The number of halogens is 1. The van der Waals surface area contributed by atoms with Crippen LogP contribution in [0.4, 0.5) is 17.1 Å². The fourth-order valence-corrected chi connectivity index (χ4v) is 7.98. The molecule has 0 aliphatic rings. The smallest absolute Gasteiger partial charge is 0.257 e. The second kappa shape index (κ2) is 17.7. The van der Waals surface area contributed by atoms with Crippen molar-refractivity contribution in [1.82, 2.24) is 19.6 Å². The summed E-state index contributed by atoms with van der Waals surface area (Å²) < 4.78 is 10.8. The number of fused-ring (bicyclic) bond motifs is 2. The van der Waals surface area contributed by atoms with Crippen LogP contribution in [0.3, 0.4) is 0 Å². The van der Waals surface area contributed by atoms with Crippen LogP contribution in [0.1, 0.15) is 105 Å². The highest BCUT2D eigenvalue weighted by atomic mass is 35.5. The molecule has 1 atom stereocenters. The molecule has 0 saturated carbocycles. The van der Waals surface area contributed by atoms with Gasteiger partial charge in [-0.3, -0.25) is 14.4 Å². The number of carbonyl (C=O) groups excluding carboxylic acids is 3. The third kappa shape index (κ3) is 9.66. The van der Waals surface area contributed by atoms with E-state index in [4.69, 9.17) is 21.3 Å². The first-order valence-electron chi connectivity index (χ1n) is 20.5. The highest BCUT2D eigenvalue weighted by molar-refractivity contribution is 7.16. The van der Waals surface area contributed by atoms with Crippen molar-refractivity contribution in [2.45, 2.75) is 105 Å². The van der Waals surface area contributed by atoms with E-state index in [0.29, 0.717) is 35.4 Å². The summed E-state index contributed by atoms with van der Waals surface area (Å²) in [7, 11) is 1.96. The topological polar surface area (TPSA) is 132 Å². The van der Waals surface area contributed by atoms with Crippen LogP contribution in [0.5, 0.6) is 5.75 Å². The minimum Gasteiger partial charge on any atom is -0.493 e. The predicted octanol–water partition coefficient (Wildman–Crippen LogP) is 10.8. The van der Waals surface area contributed by atoms with E-state index in [-0.39, 0.29) is 39.7 Å². The summed E-state index contributed by atoms with van der Waals surface area (Å²) in [4.78, 5) is 47.1. The number of nitrogens with zero attached hydrogens (tertiary/aromatic N) is 5. The fraction of sp³-hybridized carbons (Fsp3) is 0.404. The van der Waals surface area contributed by atoms with Crippen LogP contribution < -0.4 is 20.2 Å². The molecule has 2 N–H and O–H groups in total. The average molecular weight is 851 g/mol. The van der Waals surface area contributed by atoms with E-state index in [0.717, 1.165) is 33.6 Å². The maximum atomic E-state index is 14.2. The Bertz CT molecular complexity index is 2630. The molecule has 316 valence electrons. The minimum absolute atomic E-state index is 0.0539. The summed E-state index contributed by atoms with van der Waals surface area (Å²) in [6, 6.07) is 23.4. The van der Waals surface area contributed by atoms with Gasteiger partial charge in [0.25, 0.3) is 5.91 Å².